The maximum atomic E-state index is 5.62. The van der Waals surface area contributed by atoms with Crippen LogP contribution in [0.15, 0.2) is 0 Å². The zero-order valence-corrected chi connectivity index (χ0v) is 13.5. The first-order valence-electron chi connectivity index (χ1n) is 7.85. The summed E-state index contributed by atoms with van der Waals surface area (Å²) >= 11 is 5.62. The van der Waals surface area contributed by atoms with E-state index in [2.05, 4.69) is 40.1 Å². The van der Waals surface area contributed by atoms with Crippen LogP contribution in [0.2, 0.25) is 0 Å². The standard InChI is InChI=1S/C15H24N4S/c1-4-11-8-6-7-9-12(11)19-14-13(16-15(19)20)10(3)17-18(14)5-2/h11-12H,4-9H2,1-3H3,(H,16,20). The summed E-state index contributed by atoms with van der Waals surface area (Å²) in [5, 5.41) is 4.63. The molecule has 2 heterocycles. The van der Waals surface area contributed by atoms with Gasteiger partial charge in [-0.1, -0.05) is 26.2 Å². The number of fused-ring (bicyclic) bond motifs is 1. The molecule has 110 valence electrons. The molecule has 0 saturated heterocycles. The van der Waals surface area contributed by atoms with E-state index in [4.69, 9.17) is 12.2 Å². The quantitative estimate of drug-likeness (QED) is 0.853. The van der Waals surface area contributed by atoms with Crippen molar-refractivity contribution >= 4 is 23.4 Å². The molecule has 1 fully saturated rings. The summed E-state index contributed by atoms with van der Waals surface area (Å²) in [6.07, 6.45) is 6.48. The SMILES string of the molecule is CCC1CCCCC1n1c(=S)[nH]c2c(C)nn(CC)c21. The number of hydrogen-bond acceptors (Lipinski definition) is 2. The van der Waals surface area contributed by atoms with Crippen molar-refractivity contribution in [3.8, 4) is 0 Å². The summed E-state index contributed by atoms with van der Waals surface area (Å²) in [7, 11) is 0. The third kappa shape index (κ3) is 2.03. The smallest absolute Gasteiger partial charge is 0.179 e. The molecule has 0 spiro atoms. The summed E-state index contributed by atoms with van der Waals surface area (Å²) in [6.45, 7) is 7.39. The number of aryl methyl sites for hydroxylation is 2. The van der Waals surface area contributed by atoms with Gasteiger partial charge in [0.25, 0.3) is 0 Å². The normalized spacial score (nSPS) is 23.6. The Hall–Kier alpha value is -1.10. The second-order valence-electron chi connectivity index (χ2n) is 5.92. The molecule has 1 saturated carbocycles. The van der Waals surface area contributed by atoms with E-state index in [1.807, 2.05) is 0 Å². The Morgan fingerprint density at radius 1 is 1.30 bits per heavy atom. The first kappa shape index (κ1) is 13.9. The lowest BCUT2D eigenvalue weighted by Gasteiger charge is -2.32. The summed E-state index contributed by atoms with van der Waals surface area (Å²) in [5.74, 6) is 0.745. The number of imidazole rings is 1. The van der Waals surface area contributed by atoms with Crippen LogP contribution in [-0.4, -0.2) is 19.3 Å². The van der Waals surface area contributed by atoms with Gasteiger partial charge in [-0.05, 0) is 44.8 Å². The van der Waals surface area contributed by atoms with E-state index in [1.165, 1.54) is 37.8 Å². The Morgan fingerprint density at radius 3 is 2.75 bits per heavy atom. The zero-order chi connectivity index (χ0) is 14.3. The molecule has 5 heteroatoms. The molecule has 3 rings (SSSR count). The lowest BCUT2D eigenvalue weighted by atomic mass is 9.83. The number of aromatic nitrogens is 4. The predicted octanol–water partition coefficient (Wildman–Crippen LogP) is 4.37. The van der Waals surface area contributed by atoms with Gasteiger partial charge in [-0.3, -0.25) is 4.57 Å². The summed E-state index contributed by atoms with van der Waals surface area (Å²) < 4.78 is 5.33. The molecule has 4 nitrogen and oxygen atoms in total. The topological polar surface area (TPSA) is 38.5 Å². The van der Waals surface area contributed by atoms with Gasteiger partial charge >= 0.3 is 0 Å². The number of nitrogens with one attached hydrogen (secondary N) is 1. The van der Waals surface area contributed by atoms with Crippen LogP contribution in [0.1, 0.15) is 57.7 Å². The number of aromatic amines is 1. The fourth-order valence-corrected chi connectivity index (χ4v) is 4.08. The lowest BCUT2D eigenvalue weighted by Crippen LogP contribution is -2.24. The van der Waals surface area contributed by atoms with Gasteiger partial charge in [0, 0.05) is 12.6 Å². The number of rotatable bonds is 3. The largest absolute Gasteiger partial charge is 0.328 e. The Labute approximate surface area is 125 Å². The molecule has 0 aliphatic heterocycles. The van der Waals surface area contributed by atoms with Crippen LogP contribution < -0.4 is 0 Å². The first-order chi connectivity index (χ1) is 9.67. The second kappa shape index (κ2) is 5.35. The van der Waals surface area contributed by atoms with Gasteiger partial charge in [-0.25, -0.2) is 4.68 Å². The van der Waals surface area contributed by atoms with E-state index in [9.17, 15) is 0 Å². The monoisotopic (exact) mass is 292 g/mol. The highest BCUT2D eigenvalue weighted by Gasteiger charge is 2.28. The molecule has 0 amide bonds. The summed E-state index contributed by atoms with van der Waals surface area (Å²) in [6, 6.07) is 0.538. The Balaban J connectivity index is 2.19. The van der Waals surface area contributed by atoms with Crippen molar-refractivity contribution in [2.24, 2.45) is 5.92 Å². The molecule has 0 radical (unpaired) electrons. The van der Waals surface area contributed by atoms with E-state index in [0.29, 0.717) is 6.04 Å². The van der Waals surface area contributed by atoms with Crippen molar-refractivity contribution in [1.29, 1.82) is 0 Å². The molecule has 0 aromatic carbocycles. The molecule has 0 bridgehead atoms. The van der Waals surface area contributed by atoms with Crippen LogP contribution in [0, 0.1) is 17.6 Å². The summed E-state index contributed by atoms with van der Waals surface area (Å²) in [4.78, 5) is 3.39. The number of H-pyrrole nitrogens is 1. The van der Waals surface area contributed by atoms with Crippen molar-refractivity contribution in [2.75, 3.05) is 0 Å². The van der Waals surface area contributed by atoms with Crippen molar-refractivity contribution in [2.45, 2.75) is 65.5 Å². The molecule has 2 atom stereocenters. The number of hydrogen-bond donors (Lipinski definition) is 1. The minimum absolute atomic E-state index is 0.538. The average molecular weight is 292 g/mol. The third-order valence-electron chi connectivity index (χ3n) is 4.80. The van der Waals surface area contributed by atoms with Crippen LogP contribution >= 0.6 is 12.2 Å². The Morgan fingerprint density at radius 2 is 2.05 bits per heavy atom. The van der Waals surface area contributed by atoms with E-state index < -0.39 is 0 Å². The molecule has 1 aliphatic carbocycles. The third-order valence-corrected chi connectivity index (χ3v) is 5.10. The van der Waals surface area contributed by atoms with Gasteiger partial charge < -0.3 is 4.98 Å². The van der Waals surface area contributed by atoms with Gasteiger partial charge in [0.05, 0.1) is 5.69 Å². The van der Waals surface area contributed by atoms with Crippen LogP contribution in [0.4, 0.5) is 0 Å². The zero-order valence-electron chi connectivity index (χ0n) is 12.6. The first-order valence-corrected chi connectivity index (χ1v) is 8.25. The summed E-state index contributed by atoms with van der Waals surface area (Å²) in [5.41, 5.74) is 3.37. The molecule has 2 aromatic rings. The van der Waals surface area contributed by atoms with Crippen molar-refractivity contribution in [1.82, 2.24) is 19.3 Å². The molecule has 2 unspecified atom stereocenters. The lowest BCUT2D eigenvalue weighted by molar-refractivity contribution is 0.233. The molecule has 1 aliphatic rings. The molecule has 2 aromatic heterocycles. The van der Waals surface area contributed by atoms with E-state index in [-0.39, 0.29) is 0 Å². The van der Waals surface area contributed by atoms with Crippen LogP contribution in [0.5, 0.6) is 0 Å². The fourth-order valence-electron chi connectivity index (χ4n) is 3.76. The van der Waals surface area contributed by atoms with E-state index in [0.717, 1.165) is 28.4 Å². The molecular formula is C15H24N4S. The second-order valence-corrected chi connectivity index (χ2v) is 6.31. The van der Waals surface area contributed by atoms with Crippen molar-refractivity contribution in [3.05, 3.63) is 10.5 Å². The van der Waals surface area contributed by atoms with Gasteiger partial charge in [-0.2, -0.15) is 5.10 Å². The van der Waals surface area contributed by atoms with Crippen molar-refractivity contribution < 1.29 is 0 Å². The molecule has 1 N–H and O–H groups in total. The predicted molar refractivity (Wildman–Crippen MR) is 84.6 cm³/mol. The van der Waals surface area contributed by atoms with Crippen LogP contribution in [-0.2, 0) is 6.54 Å². The van der Waals surface area contributed by atoms with Crippen LogP contribution in [0.25, 0.3) is 11.2 Å². The minimum Gasteiger partial charge on any atom is -0.328 e. The highest BCUT2D eigenvalue weighted by molar-refractivity contribution is 7.71. The van der Waals surface area contributed by atoms with Gasteiger partial charge in [0.15, 0.2) is 10.4 Å². The van der Waals surface area contributed by atoms with Crippen molar-refractivity contribution in [3.63, 3.8) is 0 Å². The van der Waals surface area contributed by atoms with Gasteiger partial charge in [0.1, 0.15) is 5.52 Å². The van der Waals surface area contributed by atoms with E-state index >= 15 is 0 Å². The van der Waals surface area contributed by atoms with Gasteiger partial charge in [0.2, 0.25) is 0 Å². The highest BCUT2D eigenvalue weighted by Crippen LogP contribution is 2.38. The maximum absolute atomic E-state index is 5.62. The highest BCUT2D eigenvalue weighted by atomic mass is 32.1. The Bertz CT molecular complexity index is 663. The average Bonchev–Trinajstić information content (AvgIpc) is 2.95. The minimum atomic E-state index is 0.538. The Kier molecular flexibility index (Phi) is 3.71. The maximum Gasteiger partial charge on any atom is 0.179 e. The number of nitrogens with zero attached hydrogens (tertiary/aromatic N) is 3. The van der Waals surface area contributed by atoms with Gasteiger partial charge in [-0.15, -0.1) is 0 Å². The molecular weight excluding hydrogens is 268 g/mol. The van der Waals surface area contributed by atoms with E-state index in [1.54, 1.807) is 0 Å². The van der Waals surface area contributed by atoms with Crippen LogP contribution in [0.3, 0.4) is 0 Å². The fraction of sp³-hybridized carbons (Fsp3) is 0.733. The molecule has 20 heavy (non-hydrogen) atoms.